The van der Waals surface area contributed by atoms with Gasteiger partial charge in [0.2, 0.25) is 0 Å². The van der Waals surface area contributed by atoms with E-state index in [4.69, 9.17) is 9.72 Å². The van der Waals surface area contributed by atoms with Gasteiger partial charge in [0.05, 0.1) is 25.5 Å². The van der Waals surface area contributed by atoms with Crippen molar-refractivity contribution in [3.05, 3.63) is 47.7 Å². The summed E-state index contributed by atoms with van der Waals surface area (Å²) in [7, 11) is 0. The van der Waals surface area contributed by atoms with Gasteiger partial charge in [0.1, 0.15) is 5.82 Å². The molecule has 1 saturated heterocycles. The number of nitrogens with zero attached hydrogens (tertiary/aromatic N) is 2. The van der Waals surface area contributed by atoms with Crippen LogP contribution in [0.3, 0.4) is 0 Å². The van der Waals surface area contributed by atoms with Gasteiger partial charge in [0, 0.05) is 24.8 Å². The molecular formula is C27H36N4O3. The van der Waals surface area contributed by atoms with Gasteiger partial charge in [-0.2, -0.15) is 0 Å². The highest BCUT2D eigenvalue weighted by Gasteiger charge is 2.25. The van der Waals surface area contributed by atoms with E-state index in [0.29, 0.717) is 19.1 Å². The van der Waals surface area contributed by atoms with Crippen LogP contribution in [0.1, 0.15) is 44.4 Å². The number of hydrogen-bond donors (Lipinski definition) is 3. The quantitative estimate of drug-likeness (QED) is 0.542. The molecule has 2 aliphatic heterocycles. The third-order valence-corrected chi connectivity index (χ3v) is 6.74. The van der Waals surface area contributed by atoms with Crippen molar-refractivity contribution in [3.8, 4) is 11.1 Å². The number of aryl methyl sites for hydroxylation is 1. The maximum atomic E-state index is 12.8. The molecule has 7 nitrogen and oxygen atoms in total. The van der Waals surface area contributed by atoms with Crippen LogP contribution in [-0.2, 0) is 4.74 Å². The van der Waals surface area contributed by atoms with Crippen LogP contribution in [0.15, 0.2) is 36.4 Å². The van der Waals surface area contributed by atoms with Gasteiger partial charge < -0.3 is 25.4 Å². The Kier molecular flexibility index (Phi) is 7.85. The van der Waals surface area contributed by atoms with Crippen LogP contribution in [-0.4, -0.2) is 60.0 Å². The van der Waals surface area contributed by atoms with Crippen LogP contribution >= 0.6 is 0 Å². The number of carbonyl (C=O) groups excluding carboxylic acids is 1. The molecule has 182 valence electrons. The number of carbonyl (C=O) groups is 1. The monoisotopic (exact) mass is 464 g/mol. The fourth-order valence-corrected chi connectivity index (χ4v) is 4.55. The number of aromatic nitrogens is 1. The van der Waals surface area contributed by atoms with Crippen molar-refractivity contribution in [1.29, 1.82) is 0 Å². The van der Waals surface area contributed by atoms with E-state index >= 15 is 0 Å². The fraction of sp³-hybridized carbons (Fsp3) is 0.481. The Bertz CT molecular complexity index is 1050. The second-order valence-corrected chi connectivity index (χ2v) is 9.38. The van der Waals surface area contributed by atoms with Crippen molar-refractivity contribution in [2.24, 2.45) is 5.92 Å². The molecule has 0 unspecified atom stereocenters. The molecule has 2 aromatic rings. The molecule has 0 radical (unpaired) electrons. The van der Waals surface area contributed by atoms with E-state index in [0.717, 1.165) is 71.8 Å². The summed E-state index contributed by atoms with van der Waals surface area (Å²) in [6.07, 6.45) is 5.08. The highest BCUT2D eigenvalue weighted by Crippen LogP contribution is 2.32. The standard InChI is InChI=1S/C27H36N4O3/c1-4-20-7-10-31(16-20)27(33)29-23-6-5-18(2)24(15-23)22-13-25(21-8-11-34-12-9-21)30-26(14-22)28-19(3)17-32/h5-6,8,13-15,19-20,32H,4,7,9-12,16-17H2,1-3H3,(H,28,30)(H,29,33)/t19-,20-/m1/s1. The maximum Gasteiger partial charge on any atom is 0.321 e. The summed E-state index contributed by atoms with van der Waals surface area (Å²) in [5.74, 6) is 1.32. The summed E-state index contributed by atoms with van der Waals surface area (Å²) < 4.78 is 5.48. The molecule has 0 spiro atoms. The number of likely N-dealkylation sites (tertiary alicyclic amines) is 1. The van der Waals surface area contributed by atoms with E-state index < -0.39 is 0 Å². The SMILES string of the molecule is CC[C@@H]1CCN(C(=O)Nc2ccc(C)c(-c3cc(N[C@H](C)CO)nc(C4=CCOCC4)c3)c2)C1. The molecule has 0 bridgehead atoms. The lowest BCUT2D eigenvalue weighted by molar-refractivity contribution is 0.161. The van der Waals surface area contributed by atoms with Crippen LogP contribution in [0.4, 0.5) is 16.3 Å². The number of pyridine rings is 1. The zero-order valence-corrected chi connectivity index (χ0v) is 20.4. The molecule has 34 heavy (non-hydrogen) atoms. The number of urea groups is 1. The van der Waals surface area contributed by atoms with Crippen LogP contribution in [0, 0.1) is 12.8 Å². The zero-order valence-electron chi connectivity index (χ0n) is 20.4. The van der Waals surface area contributed by atoms with Gasteiger partial charge in [0.15, 0.2) is 0 Å². The van der Waals surface area contributed by atoms with Crippen molar-refractivity contribution in [1.82, 2.24) is 9.88 Å². The van der Waals surface area contributed by atoms with Crippen molar-refractivity contribution < 1.29 is 14.6 Å². The summed E-state index contributed by atoms with van der Waals surface area (Å²) in [5, 5.41) is 15.9. The molecule has 2 aliphatic rings. The lowest BCUT2D eigenvalue weighted by Gasteiger charge is -2.20. The lowest BCUT2D eigenvalue weighted by atomic mass is 9.97. The Morgan fingerprint density at radius 1 is 1.32 bits per heavy atom. The topological polar surface area (TPSA) is 86.7 Å². The van der Waals surface area contributed by atoms with E-state index in [1.54, 1.807) is 0 Å². The van der Waals surface area contributed by atoms with Crippen molar-refractivity contribution >= 4 is 23.1 Å². The van der Waals surface area contributed by atoms with E-state index in [1.807, 2.05) is 36.1 Å². The normalized spacial score (nSPS) is 19.0. The Labute approximate surface area is 202 Å². The number of aliphatic hydroxyl groups excluding tert-OH is 1. The minimum atomic E-state index is -0.113. The molecule has 0 aliphatic carbocycles. The molecule has 3 heterocycles. The van der Waals surface area contributed by atoms with Gasteiger partial charge in [-0.15, -0.1) is 0 Å². The van der Waals surface area contributed by atoms with Gasteiger partial charge in [-0.1, -0.05) is 25.5 Å². The highest BCUT2D eigenvalue weighted by molar-refractivity contribution is 5.91. The van der Waals surface area contributed by atoms with Crippen LogP contribution < -0.4 is 10.6 Å². The van der Waals surface area contributed by atoms with E-state index in [1.165, 1.54) is 0 Å². The first-order valence-electron chi connectivity index (χ1n) is 12.3. The average molecular weight is 465 g/mol. The molecule has 1 fully saturated rings. The molecule has 2 amide bonds. The minimum Gasteiger partial charge on any atom is -0.394 e. The first-order valence-corrected chi connectivity index (χ1v) is 12.3. The average Bonchev–Trinajstić information content (AvgIpc) is 3.35. The van der Waals surface area contributed by atoms with Crippen molar-refractivity contribution in [2.45, 2.75) is 46.1 Å². The largest absolute Gasteiger partial charge is 0.394 e. The van der Waals surface area contributed by atoms with Gasteiger partial charge in [0.25, 0.3) is 0 Å². The van der Waals surface area contributed by atoms with Crippen LogP contribution in [0.25, 0.3) is 16.7 Å². The molecule has 1 aromatic carbocycles. The first kappa shape index (κ1) is 24.2. The number of aliphatic hydroxyl groups is 1. The molecular weight excluding hydrogens is 428 g/mol. The van der Waals surface area contributed by atoms with Crippen LogP contribution in [0.2, 0.25) is 0 Å². The van der Waals surface area contributed by atoms with Crippen molar-refractivity contribution in [2.75, 3.05) is 43.5 Å². The van der Waals surface area contributed by atoms with Crippen molar-refractivity contribution in [3.63, 3.8) is 0 Å². The predicted molar refractivity (Wildman–Crippen MR) is 137 cm³/mol. The second-order valence-electron chi connectivity index (χ2n) is 9.38. The lowest BCUT2D eigenvalue weighted by Crippen LogP contribution is -2.32. The Morgan fingerprint density at radius 3 is 2.88 bits per heavy atom. The molecule has 7 heteroatoms. The Hall–Kier alpha value is -2.90. The van der Waals surface area contributed by atoms with E-state index in [-0.39, 0.29) is 18.7 Å². The first-order chi connectivity index (χ1) is 16.5. The Morgan fingerprint density at radius 2 is 2.18 bits per heavy atom. The van der Waals surface area contributed by atoms with Gasteiger partial charge in [-0.25, -0.2) is 9.78 Å². The second kappa shape index (κ2) is 11.0. The maximum absolute atomic E-state index is 12.8. The summed E-state index contributed by atoms with van der Waals surface area (Å²) in [5.41, 5.74) is 6.03. The summed E-state index contributed by atoms with van der Waals surface area (Å²) >= 11 is 0. The summed E-state index contributed by atoms with van der Waals surface area (Å²) in [6, 6.07) is 10.0. The number of benzene rings is 1. The third-order valence-electron chi connectivity index (χ3n) is 6.74. The number of ether oxygens (including phenoxy) is 1. The molecule has 3 N–H and O–H groups in total. The number of nitrogens with one attached hydrogen (secondary N) is 2. The van der Waals surface area contributed by atoms with Gasteiger partial charge in [-0.3, -0.25) is 0 Å². The molecule has 0 saturated carbocycles. The van der Waals surface area contributed by atoms with Gasteiger partial charge in [-0.05, 0) is 79.1 Å². The smallest absolute Gasteiger partial charge is 0.321 e. The Balaban J connectivity index is 1.63. The molecule has 4 rings (SSSR count). The third kappa shape index (κ3) is 5.77. The summed E-state index contributed by atoms with van der Waals surface area (Å²) in [6.45, 7) is 9.11. The number of amides is 2. The minimum absolute atomic E-state index is 0.0215. The fourth-order valence-electron chi connectivity index (χ4n) is 4.55. The van der Waals surface area contributed by atoms with E-state index in [9.17, 15) is 9.90 Å². The molecule has 2 atom stereocenters. The predicted octanol–water partition coefficient (Wildman–Crippen LogP) is 4.92. The van der Waals surface area contributed by atoms with Crippen LogP contribution in [0.5, 0.6) is 0 Å². The van der Waals surface area contributed by atoms with Gasteiger partial charge >= 0.3 is 6.03 Å². The highest BCUT2D eigenvalue weighted by atomic mass is 16.5. The number of anilines is 2. The summed E-state index contributed by atoms with van der Waals surface area (Å²) in [4.78, 5) is 19.6. The number of rotatable bonds is 7. The van der Waals surface area contributed by atoms with E-state index in [2.05, 4.69) is 36.6 Å². The molecule has 1 aromatic heterocycles. The zero-order chi connectivity index (χ0) is 24.1. The number of hydrogen-bond acceptors (Lipinski definition) is 5.